The van der Waals surface area contributed by atoms with E-state index in [9.17, 15) is 19.1 Å². The van der Waals surface area contributed by atoms with Gasteiger partial charge in [0.2, 0.25) is 0 Å². The Labute approximate surface area is 146 Å². The molecule has 0 unspecified atom stereocenters. The molecule has 0 aliphatic rings. The maximum Gasteiger partial charge on any atom is 0.342 e. The van der Waals surface area contributed by atoms with Crippen LogP contribution in [0.4, 0.5) is 10.1 Å². The highest BCUT2D eigenvalue weighted by Gasteiger charge is 2.22. The topological polar surface area (TPSA) is 75.6 Å². The third-order valence-electron chi connectivity index (χ3n) is 3.21. The largest absolute Gasteiger partial charge is 0.507 e. The minimum atomic E-state index is -1.17. The number of carbonyl (C=O) groups is 2. The van der Waals surface area contributed by atoms with Gasteiger partial charge < -0.3 is 15.2 Å². The summed E-state index contributed by atoms with van der Waals surface area (Å²) in [7, 11) is 0. The monoisotopic (exact) mass is 395 g/mol. The molecule has 2 aromatic carbocycles. The van der Waals surface area contributed by atoms with Gasteiger partial charge in [-0.05, 0) is 44.2 Å². The molecule has 0 radical (unpaired) electrons. The molecule has 0 heterocycles. The molecule has 0 bridgehead atoms. The average Bonchev–Trinajstić information content (AvgIpc) is 2.52. The summed E-state index contributed by atoms with van der Waals surface area (Å²) < 4.78 is 19.3. The van der Waals surface area contributed by atoms with Crippen molar-refractivity contribution >= 4 is 33.5 Å². The van der Waals surface area contributed by atoms with E-state index in [1.165, 1.54) is 31.2 Å². The number of hydrogen-bond donors (Lipinski definition) is 2. The van der Waals surface area contributed by atoms with Gasteiger partial charge >= 0.3 is 5.97 Å². The van der Waals surface area contributed by atoms with Crippen molar-refractivity contribution in [3.63, 3.8) is 0 Å². The van der Waals surface area contributed by atoms with Crippen LogP contribution in [-0.4, -0.2) is 23.1 Å². The minimum Gasteiger partial charge on any atom is -0.507 e. The van der Waals surface area contributed by atoms with E-state index < -0.39 is 23.8 Å². The predicted molar refractivity (Wildman–Crippen MR) is 90.5 cm³/mol. The number of hydrogen-bond acceptors (Lipinski definition) is 4. The quantitative estimate of drug-likeness (QED) is 0.772. The van der Waals surface area contributed by atoms with Gasteiger partial charge in [0.25, 0.3) is 5.91 Å². The number of anilines is 1. The predicted octanol–water partition coefficient (Wildman–Crippen LogP) is 3.79. The maximum atomic E-state index is 13.7. The number of amides is 1. The van der Waals surface area contributed by atoms with Crippen LogP contribution >= 0.6 is 15.9 Å². The van der Waals surface area contributed by atoms with Crippen LogP contribution in [0.3, 0.4) is 0 Å². The van der Waals surface area contributed by atoms with E-state index in [1.54, 1.807) is 19.1 Å². The van der Waals surface area contributed by atoms with Crippen molar-refractivity contribution in [2.45, 2.75) is 20.0 Å². The van der Waals surface area contributed by atoms with Crippen LogP contribution in [0, 0.1) is 12.7 Å². The number of halogens is 2. The summed E-state index contributed by atoms with van der Waals surface area (Å²) in [5.74, 6) is -2.38. The van der Waals surface area contributed by atoms with E-state index >= 15 is 0 Å². The van der Waals surface area contributed by atoms with E-state index in [1.807, 2.05) is 0 Å². The number of ether oxygens (including phenoxy) is 1. The molecule has 2 rings (SSSR count). The highest BCUT2D eigenvalue weighted by atomic mass is 79.9. The molecule has 2 N–H and O–H groups in total. The SMILES string of the molecule is Cc1ccc(O)c(C(=O)O[C@H](C)C(=O)Nc2ccc(Br)cc2F)c1. The lowest BCUT2D eigenvalue weighted by Crippen LogP contribution is -2.30. The first kappa shape index (κ1) is 17.9. The lowest BCUT2D eigenvalue weighted by Gasteiger charge is -2.14. The number of phenols is 1. The Kier molecular flexibility index (Phi) is 5.56. The number of nitrogens with one attached hydrogen (secondary N) is 1. The van der Waals surface area contributed by atoms with Gasteiger partial charge in [-0.2, -0.15) is 0 Å². The lowest BCUT2D eigenvalue weighted by molar-refractivity contribution is -0.123. The van der Waals surface area contributed by atoms with Gasteiger partial charge in [0, 0.05) is 4.47 Å². The smallest absolute Gasteiger partial charge is 0.342 e. The summed E-state index contributed by atoms with van der Waals surface area (Å²) in [5, 5.41) is 12.0. The molecule has 0 spiro atoms. The Bertz CT molecular complexity index is 794. The summed E-state index contributed by atoms with van der Waals surface area (Å²) in [5.41, 5.74) is 0.697. The van der Waals surface area contributed by atoms with Gasteiger partial charge in [-0.3, -0.25) is 4.79 Å². The lowest BCUT2D eigenvalue weighted by atomic mass is 10.1. The van der Waals surface area contributed by atoms with E-state index in [-0.39, 0.29) is 17.0 Å². The fourth-order valence-corrected chi connectivity index (χ4v) is 2.25. The van der Waals surface area contributed by atoms with Crippen LogP contribution in [0.15, 0.2) is 40.9 Å². The van der Waals surface area contributed by atoms with Crippen LogP contribution in [0.5, 0.6) is 5.75 Å². The van der Waals surface area contributed by atoms with E-state index in [0.717, 1.165) is 5.56 Å². The Hall–Kier alpha value is -2.41. The summed E-state index contributed by atoms with van der Waals surface area (Å²) >= 11 is 3.12. The van der Waals surface area contributed by atoms with Crippen LogP contribution in [-0.2, 0) is 9.53 Å². The number of aryl methyl sites for hydroxylation is 1. The number of carbonyl (C=O) groups excluding carboxylic acids is 2. The zero-order chi connectivity index (χ0) is 17.9. The third kappa shape index (κ3) is 4.32. The van der Waals surface area contributed by atoms with Gasteiger partial charge in [0.05, 0.1) is 5.69 Å². The Morgan fingerprint density at radius 2 is 1.96 bits per heavy atom. The molecule has 2 aromatic rings. The molecular weight excluding hydrogens is 381 g/mol. The zero-order valence-electron chi connectivity index (χ0n) is 13.0. The highest BCUT2D eigenvalue weighted by Crippen LogP contribution is 2.21. The van der Waals surface area contributed by atoms with Crippen molar-refractivity contribution in [2.24, 2.45) is 0 Å². The third-order valence-corrected chi connectivity index (χ3v) is 3.71. The van der Waals surface area contributed by atoms with E-state index in [2.05, 4.69) is 21.2 Å². The number of aromatic hydroxyl groups is 1. The molecule has 0 saturated heterocycles. The van der Waals surface area contributed by atoms with Crippen molar-refractivity contribution in [3.05, 3.63) is 57.8 Å². The van der Waals surface area contributed by atoms with Crippen molar-refractivity contribution in [1.82, 2.24) is 0 Å². The fourth-order valence-electron chi connectivity index (χ4n) is 1.92. The molecule has 24 heavy (non-hydrogen) atoms. The summed E-state index contributed by atoms with van der Waals surface area (Å²) in [6.45, 7) is 3.11. The van der Waals surface area contributed by atoms with E-state index in [4.69, 9.17) is 4.74 Å². The summed E-state index contributed by atoms with van der Waals surface area (Å²) in [6.07, 6.45) is -1.17. The second kappa shape index (κ2) is 7.44. The first-order valence-corrected chi connectivity index (χ1v) is 7.83. The van der Waals surface area contributed by atoms with Crippen molar-refractivity contribution in [3.8, 4) is 5.75 Å². The normalized spacial score (nSPS) is 11.7. The molecule has 1 amide bonds. The molecule has 0 aromatic heterocycles. The van der Waals surface area contributed by atoms with Crippen LogP contribution in [0.25, 0.3) is 0 Å². The Morgan fingerprint density at radius 3 is 2.62 bits per heavy atom. The van der Waals surface area contributed by atoms with Crippen molar-refractivity contribution in [1.29, 1.82) is 0 Å². The molecule has 126 valence electrons. The Morgan fingerprint density at radius 1 is 1.25 bits per heavy atom. The molecule has 0 fully saturated rings. The summed E-state index contributed by atoms with van der Waals surface area (Å²) in [4.78, 5) is 24.1. The number of esters is 1. The van der Waals surface area contributed by atoms with Crippen molar-refractivity contribution < 1.29 is 23.8 Å². The second-order valence-electron chi connectivity index (χ2n) is 5.18. The molecular formula is C17H15BrFNO4. The minimum absolute atomic E-state index is 0.0236. The van der Waals surface area contributed by atoms with Crippen LogP contribution in [0.1, 0.15) is 22.8 Å². The molecule has 5 nitrogen and oxygen atoms in total. The molecule has 0 aliphatic heterocycles. The van der Waals surface area contributed by atoms with Gasteiger partial charge in [0.1, 0.15) is 17.1 Å². The highest BCUT2D eigenvalue weighted by molar-refractivity contribution is 9.10. The second-order valence-corrected chi connectivity index (χ2v) is 6.10. The van der Waals surface area contributed by atoms with Gasteiger partial charge in [-0.15, -0.1) is 0 Å². The molecule has 0 saturated carbocycles. The van der Waals surface area contributed by atoms with Gasteiger partial charge in [-0.25, -0.2) is 9.18 Å². The number of rotatable bonds is 4. The summed E-state index contributed by atoms with van der Waals surface area (Å²) in [6, 6.07) is 8.62. The zero-order valence-corrected chi connectivity index (χ0v) is 14.6. The van der Waals surface area contributed by atoms with Crippen molar-refractivity contribution in [2.75, 3.05) is 5.32 Å². The standard InChI is InChI=1S/C17H15BrFNO4/c1-9-3-6-15(21)12(7-9)17(23)24-10(2)16(22)20-14-5-4-11(18)8-13(14)19/h3-8,10,21H,1-2H3,(H,20,22)/t10-/m1/s1. The maximum absolute atomic E-state index is 13.7. The molecule has 7 heteroatoms. The molecule has 1 atom stereocenters. The number of phenolic OH excluding ortho intramolecular Hbond substituents is 1. The Balaban J connectivity index is 2.05. The number of benzene rings is 2. The average molecular weight is 396 g/mol. The van der Waals surface area contributed by atoms with E-state index in [0.29, 0.717) is 4.47 Å². The first-order valence-electron chi connectivity index (χ1n) is 7.04. The van der Waals surface area contributed by atoms with Gasteiger partial charge in [-0.1, -0.05) is 27.6 Å². The molecule has 0 aliphatic carbocycles. The van der Waals surface area contributed by atoms with Crippen LogP contribution in [0.2, 0.25) is 0 Å². The first-order chi connectivity index (χ1) is 11.3. The van der Waals surface area contributed by atoms with Crippen LogP contribution < -0.4 is 5.32 Å². The van der Waals surface area contributed by atoms with Gasteiger partial charge in [0.15, 0.2) is 6.10 Å². The fraction of sp³-hybridized carbons (Fsp3) is 0.176.